The number of phenols is 1. The van der Waals surface area contributed by atoms with E-state index in [1.807, 2.05) is 56.3 Å². The van der Waals surface area contributed by atoms with Crippen LogP contribution in [-0.4, -0.2) is 189 Å². The van der Waals surface area contributed by atoms with Crippen molar-refractivity contribution < 1.29 is 67.7 Å². The second-order valence-corrected chi connectivity index (χ2v) is 26.6. The Morgan fingerprint density at radius 2 is 1.20 bits per heavy atom. The highest BCUT2D eigenvalue weighted by molar-refractivity contribution is 6.30. The van der Waals surface area contributed by atoms with Gasteiger partial charge in [-0.2, -0.15) is 0 Å². The maximum atomic E-state index is 14.9. The topological polar surface area (TPSA) is 437 Å². The first kappa shape index (κ1) is 80.9. The van der Waals surface area contributed by atoms with Crippen LogP contribution in [0.1, 0.15) is 109 Å². The smallest absolute Gasteiger partial charge is 0.258 e. The number of amides is 12. The molecule has 102 heavy (non-hydrogen) atoms. The SMILES string of the molecule is CC(=O)N[C@H](NCc1ccc2ccccc2c1)C(=O)N[C@H](Cc1ccc(Cl)cc1)C(=O)N[C@H](Cc1cccnc1)C(=O)N[C@@H](CO)C(=O)N(C)[C@@H](Cc1ccc(O)cc1)C(=O)N[C@H](CC(N)=O)C(=O)N[C@@H](CC(C)C)C(=O)N[C@@H](CCCCNC(C)C)C(=O)N1CCC[C@H]1C(=O)N[C@H](C)C(N)=O. The summed E-state index contributed by atoms with van der Waals surface area (Å²) in [6.07, 6.45) is 1.78. The van der Waals surface area contributed by atoms with Gasteiger partial charge in [0.05, 0.1) is 13.0 Å². The van der Waals surface area contributed by atoms with Crippen molar-refractivity contribution >= 4 is 93.3 Å². The summed E-state index contributed by atoms with van der Waals surface area (Å²) in [5.74, 6) is -10.8. The highest BCUT2D eigenvalue weighted by Gasteiger charge is 2.41. The van der Waals surface area contributed by atoms with E-state index in [2.05, 4.69) is 58.2 Å². The number of aliphatic hydroxyl groups is 1. The van der Waals surface area contributed by atoms with Gasteiger partial charge in [-0.1, -0.05) is 106 Å². The molecule has 1 saturated heterocycles. The average Bonchev–Trinajstić information content (AvgIpc) is 1.51. The van der Waals surface area contributed by atoms with Crippen molar-refractivity contribution in [1.29, 1.82) is 0 Å². The molecule has 29 nitrogen and oxygen atoms in total. The van der Waals surface area contributed by atoms with E-state index in [1.165, 1.54) is 62.5 Å². The minimum atomic E-state index is -1.85. The molecule has 12 amide bonds. The maximum absolute atomic E-state index is 14.9. The quantitative estimate of drug-likeness (QED) is 0.0190. The fourth-order valence-electron chi connectivity index (χ4n) is 11.6. The largest absolute Gasteiger partial charge is 0.508 e. The van der Waals surface area contributed by atoms with Crippen molar-refractivity contribution in [2.24, 2.45) is 17.4 Å². The van der Waals surface area contributed by atoms with E-state index in [-0.39, 0.29) is 69.3 Å². The number of nitrogens with one attached hydrogen (secondary N) is 10. The lowest BCUT2D eigenvalue weighted by Gasteiger charge is -2.32. The predicted molar refractivity (Wildman–Crippen MR) is 380 cm³/mol. The van der Waals surface area contributed by atoms with Crippen LogP contribution in [0.3, 0.4) is 0 Å². The zero-order chi connectivity index (χ0) is 74.7. The van der Waals surface area contributed by atoms with E-state index >= 15 is 0 Å². The van der Waals surface area contributed by atoms with E-state index in [0.29, 0.717) is 47.5 Å². The molecule has 1 aliphatic heterocycles. The minimum absolute atomic E-state index is 0.0258. The molecule has 1 aromatic heterocycles. The summed E-state index contributed by atoms with van der Waals surface area (Å²) in [6, 6.07) is 15.7. The first-order valence-corrected chi connectivity index (χ1v) is 34.4. The molecule has 1 fully saturated rings. The normalized spacial score (nSPS) is 15.4. The van der Waals surface area contributed by atoms with Gasteiger partial charge in [0.1, 0.15) is 60.1 Å². The number of carbonyl (C=O) groups excluding carboxylic acids is 12. The number of rotatable bonds is 39. The highest BCUT2D eigenvalue weighted by Crippen LogP contribution is 2.23. The summed E-state index contributed by atoms with van der Waals surface area (Å²) in [5.41, 5.74) is 13.2. The van der Waals surface area contributed by atoms with Crippen LogP contribution >= 0.6 is 11.6 Å². The Balaban J connectivity index is 1.24. The second-order valence-electron chi connectivity index (χ2n) is 26.2. The molecule has 0 bridgehead atoms. The molecule has 16 N–H and O–H groups in total. The van der Waals surface area contributed by atoms with E-state index in [0.717, 1.165) is 21.2 Å². The number of likely N-dealkylation sites (N-methyl/N-ethyl adjacent to an activating group) is 1. The number of fused-ring (bicyclic) bond motifs is 1. The number of benzene rings is 4. The van der Waals surface area contributed by atoms with Crippen molar-refractivity contribution in [2.75, 3.05) is 26.7 Å². The number of aliphatic hydroxyl groups excluding tert-OH is 1. The summed E-state index contributed by atoms with van der Waals surface area (Å²) < 4.78 is 0. The number of nitrogens with zero attached hydrogens (tertiary/aromatic N) is 3. The average molecular weight is 1430 g/mol. The summed E-state index contributed by atoms with van der Waals surface area (Å²) in [5, 5.41) is 50.9. The molecular weight excluding hydrogens is 1330 g/mol. The fourth-order valence-corrected chi connectivity index (χ4v) is 11.7. The van der Waals surface area contributed by atoms with Crippen molar-refractivity contribution in [3.63, 3.8) is 0 Å². The van der Waals surface area contributed by atoms with Gasteiger partial charge in [-0.3, -0.25) is 67.8 Å². The Hall–Kier alpha value is -10.1. The monoisotopic (exact) mass is 1430 g/mol. The van der Waals surface area contributed by atoms with Crippen LogP contribution in [0, 0.1) is 5.92 Å². The van der Waals surface area contributed by atoms with Gasteiger partial charge in [0.2, 0.25) is 65.0 Å². The lowest BCUT2D eigenvalue weighted by atomic mass is 10.00. The summed E-state index contributed by atoms with van der Waals surface area (Å²) in [6.45, 7) is 9.90. The van der Waals surface area contributed by atoms with Crippen molar-refractivity contribution in [3.05, 3.63) is 143 Å². The van der Waals surface area contributed by atoms with Crippen LogP contribution in [-0.2, 0) is 83.3 Å². The van der Waals surface area contributed by atoms with E-state index in [9.17, 15) is 67.7 Å². The first-order valence-electron chi connectivity index (χ1n) is 34.0. The number of phenolic OH excluding ortho intramolecular Hbond substituents is 1. The number of hydrogen-bond donors (Lipinski definition) is 14. The van der Waals surface area contributed by atoms with E-state index < -0.39 is 144 Å². The van der Waals surface area contributed by atoms with Crippen molar-refractivity contribution in [2.45, 2.75) is 179 Å². The number of nitrogens with two attached hydrogens (primary N) is 2. The molecule has 0 saturated carbocycles. The van der Waals surface area contributed by atoms with Gasteiger partial charge < -0.3 is 79.3 Å². The van der Waals surface area contributed by atoms with Crippen LogP contribution in [0.25, 0.3) is 10.8 Å². The van der Waals surface area contributed by atoms with Gasteiger partial charge >= 0.3 is 0 Å². The molecule has 0 spiro atoms. The van der Waals surface area contributed by atoms with Crippen LogP contribution in [0.15, 0.2) is 116 Å². The third kappa shape index (κ3) is 25.5. The second kappa shape index (κ2) is 39.8. The highest BCUT2D eigenvalue weighted by atomic mass is 35.5. The molecule has 0 aliphatic carbocycles. The lowest BCUT2D eigenvalue weighted by molar-refractivity contribution is -0.144. The standard InChI is InChI=1S/C72H96ClN15O14/c1-41(2)32-54(64(94)81-53(17-10-11-30-77-42(3)4)72(102)88-31-13-18-59(88)68(98)79-43(5)62(75)93)82-67(97)57(37-61(74)92)84-69(99)60(36-46-22-27-52(91)28-23-46)87(7)71(101)58(40-89)86-66(96)56(35-47-14-12-29-76-38-47)83-65(95)55(34-45-20-25-51(73)26-21-45)85-70(100)63(80-44(6)90)78-39-48-19-24-49-15-8-9-16-50(49)33-48/h8-9,12,14-16,19-29,33,38,41-43,53-60,63,77-78,89,91H,10-11,13,17-18,30-32,34-37,39-40H2,1-7H3,(H2,74,92)(H2,75,93)(H,79,98)(H,80,90)(H,81,94)(H,82,97)(H,83,95)(H,84,99)(H,85,100)(H,86,96)/t43-,53+,54+,55-,56-,57-,58+,59+,60+,63+/m1/s1. The Labute approximate surface area is 597 Å². The maximum Gasteiger partial charge on any atom is 0.258 e. The van der Waals surface area contributed by atoms with Crippen molar-refractivity contribution in [1.82, 2.24) is 68.0 Å². The zero-order valence-electron chi connectivity index (χ0n) is 58.5. The molecule has 6 rings (SSSR count). The van der Waals surface area contributed by atoms with Crippen LogP contribution < -0.4 is 64.6 Å². The number of carbonyl (C=O) groups is 12. The zero-order valence-corrected chi connectivity index (χ0v) is 59.2. The Bertz CT molecular complexity index is 3720. The van der Waals surface area contributed by atoms with Gasteiger partial charge in [0, 0.05) is 69.8 Å². The number of aromatic hydroxyl groups is 1. The number of pyridine rings is 1. The Morgan fingerprint density at radius 3 is 1.81 bits per heavy atom. The molecule has 4 aromatic carbocycles. The molecule has 30 heteroatoms. The summed E-state index contributed by atoms with van der Waals surface area (Å²) in [7, 11) is 1.18. The summed E-state index contributed by atoms with van der Waals surface area (Å²) in [4.78, 5) is 174. The molecular formula is C72H96ClN15O14. The molecule has 0 radical (unpaired) electrons. The summed E-state index contributed by atoms with van der Waals surface area (Å²) >= 11 is 6.23. The lowest BCUT2D eigenvalue weighted by Crippen LogP contribution is -2.62. The fraction of sp³-hybridized carbons (Fsp3) is 0.458. The van der Waals surface area contributed by atoms with Crippen LogP contribution in [0.2, 0.25) is 5.02 Å². The first-order chi connectivity index (χ1) is 48.5. The van der Waals surface area contributed by atoms with Gasteiger partial charge in [-0.25, -0.2) is 0 Å². The van der Waals surface area contributed by atoms with Gasteiger partial charge in [0.15, 0.2) is 6.17 Å². The van der Waals surface area contributed by atoms with Crippen LogP contribution in [0.4, 0.5) is 0 Å². The molecule has 0 unspecified atom stereocenters. The van der Waals surface area contributed by atoms with E-state index in [4.69, 9.17) is 23.1 Å². The van der Waals surface area contributed by atoms with Gasteiger partial charge in [0.25, 0.3) is 5.91 Å². The third-order valence-electron chi connectivity index (χ3n) is 17.1. The number of likely N-dealkylation sites (tertiary alicyclic amines) is 1. The molecule has 550 valence electrons. The number of primary amides is 2. The number of hydrogen-bond acceptors (Lipinski definition) is 17. The number of unbranched alkanes of at least 4 members (excludes halogenated alkanes) is 1. The number of aromatic nitrogens is 1. The predicted octanol–water partition coefficient (Wildman–Crippen LogP) is 0.673. The molecule has 1 aliphatic rings. The molecule has 5 aromatic rings. The minimum Gasteiger partial charge on any atom is -0.508 e. The molecule has 10 atom stereocenters. The third-order valence-corrected chi connectivity index (χ3v) is 17.3. The Kier molecular flexibility index (Phi) is 31.5. The molecule has 2 heterocycles. The number of halogens is 1. The van der Waals surface area contributed by atoms with Crippen LogP contribution in [0.5, 0.6) is 5.75 Å². The van der Waals surface area contributed by atoms with Gasteiger partial charge in [-0.05, 0) is 127 Å². The van der Waals surface area contributed by atoms with Gasteiger partial charge in [-0.15, -0.1) is 0 Å². The Morgan fingerprint density at radius 1 is 0.618 bits per heavy atom. The van der Waals surface area contributed by atoms with E-state index in [1.54, 1.807) is 50.2 Å². The van der Waals surface area contributed by atoms with Crippen molar-refractivity contribution in [3.8, 4) is 5.75 Å².